The summed E-state index contributed by atoms with van der Waals surface area (Å²) in [5.41, 5.74) is 3.09. The van der Waals surface area contributed by atoms with Crippen molar-refractivity contribution < 1.29 is 0 Å². The Bertz CT molecular complexity index is 1520. The third kappa shape index (κ3) is 7.99. The Morgan fingerprint density at radius 3 is 1.48 bits per heavy atom. The van der Waals surface area contributed by atoms with Crippen LogP contribution in [0, 0.1) is 11.8 Å². The molecule has 3 heterocycles. The minimum Gasteiger partial charge on any atom is -0.133 e. The number of fused-ring (bicyclic) bond motifs is 7. The van der Waals surface area contributed by atoms with Crippen molar-refractivity contribution in [1.29, 1.82) is 0 Å². The molecule has 0 spiro atoms. The van der Waals surface area contributed by atoms with Gasteiger partial charge in [0.1, 0.15) is 0 Å². The maximum Gasteiger partial charge on any atom is 0.0642 e. The van der Waals surface area contributed by atoms with Crippen LogP contribution in [0.1, 0.15) is 135 Å². The predicted molar refractivity (Wildman–Crippen MR) is 196 cm³/mol. The number of thiophene rings is 3. The van der Waals surface area contributed by atoms with Gasteiger partial charge in [0, 0.05) is 20.2 Å². The van der Waals surface area contributed by atoms with E-state index in [0.29, 0.717) is 0 Å². The van der Waals surface area contributed by atoms with Gasteiger partial charge in [0.2, 0.25) is 0 Å². The van der Waals surface area contributed by atoms with E-state index in [0.717, 1.165) is 11.8 Å². The molecule has 0 bridgehead atoms. The van der Waals surface area contributed by atoms with E-state index in [1.165, 1.54) is 154 Å². The molecule has 42 heavy (non-hydrogen) atoms. The van der Waals surface area contributed by atoms with E-state index in [4.69, 9.17) is 0 Å². The highest BCUT2D eigenvalue weighted by atomic mass is 32.1. The van der Waals surface area contributed by atoms with Crippen LogP contribution < -0.4 is 0 Å². The average molecular weight is 619 g/mol. The third-order valence-corrected chi connectivity index (χ3v) is 13.4. The van der Waals surface area contributed by atoms with Crippen LogP contribution in [0.4, 0.5) is 0 Å². The summed E-state index contributed by atoms with van der Waals surface area (Å²) in [6, 6.07) is 14.8. The molecule has 0 aliphatic heterocycles. The summed E-state index contributed by atoms with van der Waals surface area (Å²) >= 11 is 6.13. The Morgan fingerprint density at radius 2 is 0.976 bits per heavy atom. The summed E-state index contributed by atoms with van der Waals surface area (Å²) in [4.78, 5) is 0. The smallest absolute Gasteiger partial charge is 0.0642 e. The van der Waals surface area contributed by atoms with Crippen LogP contribution in [0.25, 0.3) is 39.0 Å². The second-order valence-corrected chi connectivity index (χ2v) is 16.3. The van der Waals surface area contributed by atoms with Gasteiger partial charge in [0.15, 0.2) is 0 Å². The van der Waals surface area contributed by atoms with E-state index in [-0.39, 0.29) is 0 Å². The quantitative estimate of drug-likeness (QED) is 0.0808. The SMILES string of the molecule is CCCCCCC(C)Cc1ccc2c(c1)sc1c2sc2c3ccc(CC(CCCCCC)CCCCCC)cc3sc21. The molecular weight excluding hydrogens is 565 g/mol. The minimum absolute atomic E-state index is 0.774. The maximum atomic E-state index is 2.55. The molecule has 2 aromatic carbocycles. The Hall–Kier alpha value is -1.42. The summed E-state index contributed by atoms with van der Waals surface area (Å²) in [6.07, 6.45) is 23.2. The van der Waals surface area contributed by atoms with Gasteiger partial charge in [0.05, 0.1) is 18.8 Å². The van der Waals surface area contributed by atoms with Crippen molar-refractivity contribution in [3.05, 3.63) is 47.5 Å². The average Bonchev–Trinajstić information content (AvgIpc) is 3.63. The minimum atomic E-state index is 0.774. The summed E-state index contributed by atoms with van der Waals surface area (Å²) < 4.78 is 9.08. The summed E-state index contributed by atoms with van der Waals surface area (Å²) in [7, 11) is 0. The van der Waals surface area contributed by atoms with Crippen LogP contribution in [0.5, 0.6) is 0 Å². The van der Waals surface area contributed by atoms with Crippen LogP contribution in [0.3, 0.4) is 0 Å². The van der Waals surface area contributed by atoms with Crippen molar-refractivity contribution in [2.45, 2.75) is 137 Å². The van der Waals surface area contributed by atoms with Crippen molar-refractivity contribution >= 4 is 73.0 Å². The first-order chi connectivity index (χ1) is 20.6. The number of unbranched alkanes of at least 4 members (excludes halogenated alkanes) is 9. The molecule has 3 heteroatoms. The van der Waals surface area contributed by atoms with E-state index in [9.17, 15) is 0 Å². The number of hydrogen-bond donors (Lipinski definition) is 0. The number of benzene rings is 2. The van der Waals surface area contributed by atoms with Crippen LogP contribution in [0.2, 0.25) is 0 Å². The first kappa shape index (κ1) is 32.0. The van der Waals surface area contributed by atoms with Gasteiger partial charge in [-0.15, -0.1) is 34.0 Å². The van der Waals surface area contributed by atoms with Crippen LogP contribution >= 0.6 is 34.0 Å². The Labute approximate surface area is 267 Å². The highest BCUT2D eigenvalue weighted by Crippen LogP contribution is 2.50. The molecule has 0 nitrogen and oxygen atoms in total. The lowest BCUT2D eigenvalue weighted by Gasteiger charge is -2.17. The number of rotatable bonds is 19. The summed E-state index contributed by atoms with van der Waals surface area (Å²) in [5, 5.41) is 2.96. The molecule has 0 N–H and O–H groups in total. The van der Waals surface area contributed by atoms with Gasteiger partial charge in [-0.25, -0.2) is 0 Å². The van der Waals surface area contributed by atoms with E-state index in [1.807, 2.05) is 22.7 Å². The van der Waals surface area contributed by atoms with Crippen LogP contribution in [-0.4, -0.2) is 0 Å². The lowest BCUT2D eigenvalue weighted by atomic mass is 9.89. The van der Waals surface area contributed by atoms with Crippen molar-refractivity contribution in [2.75, 3.05) is 0 Å². The van der Waals surface area contributed by atoms with Gasteiger partial charge in [-0.2, -0.15) is 0 Å². The lowest BCUT2D eigenvalue weighted by molar-refractivity contribution is 0.404. The lowest BCUT2D eigenvalue weighted by Crippen LogP contribution is -2.05. The van der Waals surface area contributed by atoms with Crippen molar-refractivity contribution in [2.24, 2.45) is 11.8 Å². The topological polar surface area (TPSA) is 0 Å². The fraction of sp³-hybridized carbons (Fsp3) is 0.590. The zero-order valence-electron chi connectivity index (χ0n) is 26.9. The fourth-order valence-corrected chi connectivity index (χ4v) is 11.3. The fourth-order valence-electron chi connectivity index (χ4n) is 6.92. The molecule has 5 rings (SSSR count). The van der Waals surface area contributed by atoms with Gasteiger partial charge >= 0.3 is 0 Å². The summed E-state index contributed by atoms with van der Waals surface area (Å²) in [5.74, 6) is 1.62. The standard InChI is InChI=1S/C39H54S3/c1-5-8-11-14-17-28(4)24-30-20-22-32-34(26-30)40-38-36(32)42-37-33-23-21-31(27-35(33)41-39(37)38)25-29(18-15-12-9-6-2)19-16-13-10-7-3/h20-23,26-29H,5-19,24-25H2,1-4H3. The molecular formula is C39H54S3. The second-order valence-electron chi connectivity index (χ2n) is 13.2. The highest BCUT2D eigenvalue weighted by Gasteiger charge is 2.18. The van der Waals surface area contributed by atoms with E-state index in [2.05, 4.69) is 75.4 Å². The molecule has 0 fully saturated rings. The molecule has 0 saturated carbocycles. The third-order valence-electron chi connectivity index (χ3n) is 9.42. The van der Waals surface area contributed by atoms with Gasteiger partial charge in [0.25, 0.3) is 0 Å². The molecule has 228 valence electrons. The van der Waals surface area contributed by atoms with Gasteiger partial charge < -0.3 is 0 Å². The van der Waals surface area contributed by atoms with Crippen LogP contribution in [-0.2, 0) is 12.8 Å². The predicted octanol–water partition coefficient (Wildman–Crippen LogP) is 14.7. The van der Waals surface area contributed by atoms with E-state index < -0.39 is 0 Å². The second kappa shape index (κ2) is 16.1. The Morgan fingerprint density at radius 1 is 0.500 bits per heavy atom. The zero-order valence-corrected chi connectivity index (χ0v) is 29.3. The Balaban J connectivity index is 1.32. The zero-order chi connectivity index (χ0) is 29.3. The van der Waals surface area contributed by atoms with Gasteiger partial charge in [-0.3, -0.25) is 0 Å². The molecule has 5 aromatic rings. The first-order valence-corrected chi connectivity index (χ1v) is 19.8. The largest absolute Gasteiger partial charge is 0.133 e. The molecule has 1 unspecified atom stereocenters. The first-order valence-electron chi connectivity index (χ1n) is 17.4. The number of hydrogen-bond acceptors (Lipinski definition) is 3. The molecule has 0 radical (unpaired) electrons. The maximum absolute atomic E-state index is 2.55. The van der Waals surface area contributed by atoms with E-state index in [1.54, 1.807) is 5.56 Å². The molecule has 1 atom stereocenters. The van der Waals surface area contributed by atoms with Gasteiger partial charge in [-0.05, 0) is 47.9 Å². The Kier molecular flexibility index (Phi) is 12.2. The normalized spacial score (nSPS) is 13.1. The van der Waals surface area contributed by atoms with Crippen molar-refractivity contribution in [3.63, 3.8) is 0 Å². The van der Waals surface area contributed by atoms with Gasteiger partial charge in [-0.1, -0.05) is 148 Å². The summed E-state index contributed by atoms with van der Waals surface area (Å²) in [6.45, 7) is 9.39. The van der Waals surface area contributed by atoms with Crippen molar-refractivity contribution in [3.8, 4) is 0 Å². The van der Waals surface area contributed by atoms with Crippen molar-refractivity contribution in [1.82, 2.24) is 0 Å². The molecule has 3 aromatic heterocycles. The molecule has 0 saturated heterocycles. The highest BCUT2D eigenvalue weighted by molar-refractivity contribution is 7.43. The molecule has 0 amide bonds. The van der Waals surface area contributed by atoms with E-state index >= 15 is 0 Å². The monoisotopic (exact) mass is 618 g/mol. The molecule has 0 aliphatic carbocycles. The van der Waals surface area contributed by atoms with Crippen LogP contribution in [0.15, 0.2) is 36.4 Å². The molecule has 0 aliphatic rings.